The van der Waals surface area contributed by atoms with E-state index in [1.807, 2.05) is 0 Å². The van der Waals surface area contributed by atoms with E-state index in [1.165, 1.54) is 12.1 Å². The molecule has 0 fully saturated rings. The average molecular weight is 452 g/mol. The van der Waals surface area contributed by atoms with Crippen LogP contribution in [0.15, 0.2) is 46.9 Å². The van der Waals surface area contributed by atoms with E-state index in [0.29, 0.717) is 10.6 Å². The number of rotatable bonds is 6. The number of nitro groups is 2. The third kappa shape index (κ3) is 4.04. The molecule has 0 spiro atoms. The van der Waals surface area contributed by atoms with Crippen LogP contribution in [0.2, 0.25) is 10.0 Å². The van der Waals surface area contributed by atoms with Gasteiger partial charge in [-0.15, -0.1) is 0 Å². The van der Waals surface area contributed by atoms with Crippen molar-refractivity contribution in [3.05, 3.63) is 78.5 Å². The molecular weight excluding hydrogens is 441 g/mol. The first-order valence-electron chi connectivity index (χ1n) is 8.09. The summed E-state index contributed by atoms with van der Waals surface area (Å²) in [7, 11) is 1.07. The van der Waals surface area contributed by atoms with Crippen molar-refractivity contribution >= 4 is 46.2 Å². The normalized spacial score (nSPS) is 10.5. The van der Waals surface area contributed by atoms with Gasteiger partial charge in [0.1, 0.15) is 5.76 Å². The van der Waals surface area contributed by atoms with Gasteiger partial charge in [0.25, 0.3) is 11.7 Å². The van der Waals surface area contributed by atoms with Crippen LogP contribution in [0.4, 0.5) is 17.1 Å². The molecule has 1 heterocycles. The minimum Gasteiger partial charge on any atom is -0.485 e. The fraction of sp³-hybridized carbons (Fsp3) is 0.0556. The predicted molar refractivity (Wildman–Crippen MR) is 108 cm³/mol. The lowest BCUT2D eigenvalue weighted by atomic mass is 10.2. The number of carbonyl (C=O) groups excluding carboxylic acids is 1. The number of benzene rings is 2. The molecule has 3 aromatic rings. The molecule has 1 aromatic heterocycles. The summed E-state index contributed by atoms with van der Waals surface area (Å²) in [6, 6.07) is 9.63. The monoisotopic (exact) mass is 451 g/mol. The van der Waals surface area contributed by atoms with Gasteiger partial charge in [0.2, 0.25) is 0 Å². The Morgan fingerprint density at radius 2 is 1.70 bits per heavy atom. The fourth-order valence-corrected chi connectivity index (χ4v) is 3.04. The van der Waals surface area contributed by atoms with Crippen molar-refractivity contribution in [1.82, 2.24) is 0 Å². The highest BCUT2D eigenvalue weighted by atomic mass is 35.5. The molecule has 0 saturated carbocycles. The number of carbonyl (C=O) groups is 1. The molecular formula is C18H11Cl2N3O7. The number of anilines is 1. The molecule has 0 aliphatic carbocycles. The lowest BCUT2D eigenvalue weighted by molar-refractivity contribution is -0.395. The van der Waals surface area contributed by atoms with E-state index in [4.69, 9.17) is 32.4 Å². The number of furan rings is 1. The van der Waals surface area contributed by atoms with Gasteiger partial charge >= 0.3 is 11.4 Å². The van der Waals surface area contributed by atoms with Crippen LogP contribution in [0.3, 0.4) is 0 Å². The molecule has 12 heteroatoms. The van der Waals surface area contributed by atoms with Crippen LogP contribution in [0, 0.1) is 20.2 Å². The maximum atomic E-state index is 12.5. The second kappa shape index (κ2) is 8.39. The second-order valence-electron chi connectivity index (χ2n) is 5.78. The zero-order valence-corrected chi connectivity index (χ0v) is 16.6. The molecule has 2 aromatic carbocycles. The number of halogens is 2. The Labute approximate surface area is 178 Å². The van der Waals surface area contributed by atoms with Crippen molar-refractivity contribution in [3.63, 3.8) is 0 Å². The van der Waals surface area contributed by atoms with Crippen LogP contribution in [0.1, 0.15) is 10.6 Å². The second-order valence-corrected chi connectivity index (χ2v) is 6.57. The summed E-state index contributed by atoms with van der Waals surface area (Å²) in [5.74, 6) is -1.20. The standard InChI is InChI=1S/C18H11Cl2N3O7/c1-29-17-12(22(25)26)7-9(8-13(17)23(27)28)21-18(24)15-6-5-14(30-15)10-3-2-4-11(19)16(10)20/h2-8H,1H3,(H,21,24). The number of nitrogens with zero attached hydrogens (tertiary/aromatic N) is 2. The van der Waals surface area contributed by atoms with Gasteiger partial charge in [0.15, 0.2) is 5.76 Å². The maximum Gasteiger partial charge on any atom is 0.320 e. The van der Waals surface area contributed by atoms with Gasteiger partial charge in [0, 0.05) is 17.7 Å². The summed E-state index contributed by atoms with van der Waals surface area (Å²) in [4.78, 5) is 33.2. The highest BCUT2D eigenvalue weighted by Gasteiger charge is 2.28. The summed E-state index contributed by atoms with van der Waals surface area (Å²) in [6.45, 7) is 0. The van der Waals surface area contributed by atoms with Crippen LogP contribution in [-0.2, 0) is 0 Å². The molecule has 0 radical (unpaired) electrons. The van der Waals surface area contributed by atoms with E-state index in [0.717, 1.165) is 19.2 Å². The summed E-state index contributed by atoms with van der Waals surface area (Å²) < 4.78 is 10.3. The van der Waals surface area contributed by atoms with Gasteiger partial charge in [-0.25, -0.2) is 0 Å². The summed E-state index contributed by atoms with van der Waals surface area (Å²) in [6.07, 6.45) is 0. The summed E-state index contributed by atoms with van der Waals surface area (Å²) in [5, 5.41) is 25.3. The molecule has 0 saturated heterocycles. The van der Waals surface area contributed by atoms with Crippen molar-refractivity contribution in [1.29, 1.82) is 0 Å². The zero-order valence-electron chi connectivity index (χ0n) is 15.0. The average Bonchev–Trinajstić information content (AvgIpc) is 3.19. The molecule has 30 heavy (non-hydrogen) atoms. The highest BCUT2D eigenvalue weighted by Crippen LogP contribution is 2.40. The number of hydrogen-bond donors (Lipinski definition) is 1. The third-order valence-electron chi connectivity index (χ3n) is 3.95. The summed E-state index contributed by atoms with van der Waals surface area (Å²) in [5.41, 5.74) is -1.07. The number of ether oxygens (including phenoxy) is 1. The van der Waals surface area contributed by atoms with E-state index in [2.05, 4.69) is 5.32 Å². The lowest BCUT2D eigenvalue weighted by Crippen LogP contribution is -2.11. The Balaban J connectivity index is 1.93. The van der Waals surface area contributed by atoms with Gasteiger partial charge in [-0.05, 0) is 24.3 Å². The first kappa shape index (κ1) is 21.1. The molecule has 1 amide bonds. The quantitative estimate of drug-likeness (QED) is 0.394. The minimum absolute atomic E-state index is 0.151. The van der Waals surface area contributed by atoms with Crippen LogP contribution in [-0.4, -0.2) is 22.9 Å². The van der Waals surface area contributed by atoms with E-state index in [-0.39, 0.29) is 22.2 Å². The van der Waals surface area contributed by atoms with Crippen LogP contribution in [0.25, 0.3) is 11.3 Å². The maximum absolute atomic E-state index is 12.5. The Morgan fingerprint density at radius 1 is 1.07 bits per heavy atom. The first-order valence-corrected chi connectivity index (χ1v) is 8.85. The number of methoxy groups -OCH3 is 1. The van der Waals surface area contributed by atoms with Crippen molar-refractivity contribution < 1.29 is 23.8 Å². The summed E-state index contributed by atoms with van der Waals surface area (Å²) >= 11 is 12.1. The van der Waals surface area contributed by atoms with Gasteiger partial charge in [-0.1, -0.05) is 29.3 Å². The topological polar surface area (TPSA) is 138 Å². The van der Waals surface area contributed by atoms with Gasteiger partial charge in [-0.2, -0.15) is 0 Å². The fourth-order valence-electron chi connectivity index (χ4n) is 2.64. The van der Waals surface area contributed by atoms with Crippen LogP contribution < -0.4 is 10.1 Å². The lowest BCUT2D eigenvalue weighted by Gasteiger charge is -2.07. The first-order chi connectivity index (χ1) is 14.2. The van der Waals surface area contributed by atoms with Gasteiger partial charge in [-0.3, -0.25) is 25.0 Å². The van der Waals surface area contributed by atoms with Crippen LogP contribution in [0.5, 0.6) is 5.75 Å². The van der Waals surface area contributed by atoms with Crippen molar-refractivity contribution in [2.24, 2.45) is 0 Å². The number of amides is 1. The molecule has 154 valence electrons. The Bertz CT molecular complexity index is 1140. The SMILES string of the molecule is COc1c([N+](=O)[O-])cc(NC(=O)c2ccc(-c3cccc(Cl)c3Cl)o2)cc1[N+](=O)[O-]. The molecule has 0 bridgehead atoms. The molecule has 0 aliphatic heterocycles. The minimum atomic E-state index is -0.854. The zero-order chi connectivity index (χ0) is 22.0. The molecule has 0 aliphatic rings. The highest BCUT2D eigenvalue weighted by molar-refractivity contribution is 6.43. The van der Waals surface area contributed by atoms with E-state index < -0.39 is 32.9 Å². The molecule has 1 N–H and O–H groups in total. The molecule has 0 unspecified atom stereocenters. The van der Waals surface area contributed by atoms with Crippen molar-refractivity contribution in [2.45, 2.75) is 0 Å². The van der Waals surface area contributed by atoms with Gasteiger partial charge < -0.3 is 14.5 Å². The smallest absolute Gasteiger partial charge is 0.320 e. The molecule has 0 atom stereocenters. The number of hydrogen-bond acceptors (Lipinski definition) is 7. The van der Waals surface area contributed by atoms with Crippen molar-refractivity contribution in [2.75, 3.05) is 12.4 Å². The van der Waals surface area contributed by atoms with E-state index >= 15 is 0 Å². The molecule has 10 nitrogen and oxygen atoms in total. The Kier molecular flexibility index (Phi) is 5.90. The van der Waals surface area contributed by atoms with Crippen LogP contribution >= 0.6 is 23.2 Å². The van der Waals surface area contributed by atoms with Gasteiger partial charge in [0.05, 0.1) is 32.7 Å². The van der Waals surface area contributed by atoms with E-state index in [1.54, 1.807) is 18.2 Å². The Morgan fingerprint density at radius 3 is 2.27 bits per heavy atom. The van der Waals surface area contributed by atoms with Crippen molar-refractivity contribution in [3.8, 4) is 17.1 Å². The number of nitro benzene ring substituents is 2. The largest absolute Gasteiger partial charge is 0.485 e. The predicted octanol–water partition coefficient (Wildman–Crippen LogP) is 5.33. The molecule has 3 rings (SSSR count). The third-order valence-corrected chi connectivity index (χ3v) is 4.77. The Hall–Kier alpha value is -3.63. The van der Waals surface area contributed by atoms with E-state index in [9.17, 15) is 25.0 Å². The number of nitrogens with one attached hydrogen (secondary N) is 1.